The van der Waals surface area contributed by atoms with Crippen LogP contribution in [0, 0.1) is 13.8 Å². The summed E-state index contributed by atoms with van der Waals surface area (Å²) in [5.41, 5.74) is 3.76. The molecule has 0 saturated heterocycles. The van der Waals surface area contributed by atoms with Gasteiger partial charge in [0.25, 0.3) is 0 Å². The fraction of sp³-hybridized carbons (Fsp3) is 0.294. The number of rotatable bonds is 6. The molecule has 0 aliphatic rings. The molecule has 25 heavy (non-hydrogen) atoms. The Hall–Kier alpha value is -3.16. The van der Waals surface area contributed by atoms with Crippen molar-refractivity contribution in [1.29, 1.82) is 0 Å². The minimum atomic E-state index is -0.148. The van der Waals surface area contributed by atoms with Crippen LogP contribution in [0.3, 0.4) is 0 Å². The third-order valence-corrected chi connectivity index (χ3v) is 3.98. The molecule has 8 nitrogen and oxygen atoms in total. The SMILES string of the molecule is COc1ccccc1-c1nc(NC(=O)CCc2c(C)n[nH]c2C)n[nH]1. The summed E-state index contributed by atoms with van der Waals surface area (Å²) >= 11 is 0. The zero-order valence-corrected chi connectivity index (χ0v) is 14.4. The molecule has 2 heterocycles. The second kappa shape index (κ2) is 7.16. The van der Waals surface area contributed by atoms with Crippen molar-refractivity contribution in [2.24, 2.45) is 0 Å². The molecule has 0 bridgehead atoms. The summed E-state index contributed by atoms with van der Waals surface area (Å²) in [5.74, 6) is 1.31. The van der Waals surface area contributed by atoms with Gasteiger partial charge < -0.3 is 4.74 Å². The fourth-order valence-electron chi connectivity index (χ4n) is 2.65. The molecule has 2 aromatic heterocycles. The lowest BCUT2D eigenvalue weighted by Gasteiger charge is -2.04. The minimum Gasteiger partial charge on any atom is -0.496 e. The number of hydrogen-bond donors (Lipinski definition) is 3. The van der Waals surface area contributed by atoms with Gasteiger partial charge in [-0.25, -0.2) is 0 Å². The molecule has 0 radical (unpaired) electrons. The predicted octanol–water partition coefficient (Wildman–Crippen LogP) is 2.39. The number of hydrogen-bond acceptors (Lipinski definition) is 5. The Morgan fingerprint density at radius 3 is 2.72 bits per heavy atom. The van der Waals surface area contributed by atoms with Gasteiger partial charge in [-0.1, -0.05) is 12.1 Å². The van der Waals surface area contributed by atoms with Crippen molar-refractivity contribution in [3.8, 4) is 17.1 Å². The first-order chi connectivity index (χ1) is 12.1. The van der Waals surface area contributed by atoms with Crippen LogP contribution < -0.4 is 10.1 Å². The summed E-state index contributed by atoms with van der Waals surface area (Å²) in [6.45, 7) is 3.87. The van der Waals surface area contributed by atoms with Crippen molar-refractivity contribution in [3.05, 3.63) is 41.2 Å². The van der Waals surface area contributed by atoms with Crippen LogP contribution in [-0.2, 0) is 11.2 Å². The lowest BCUT2D eigenvalue weighted by Crippen LogP contribution is -2.13. The lowest BCUT2D eigenvalue weighted by atomic mass is 10.1. The van der Waals surface area contributed by atoms with Gasteiger partial charge in [0.1, 0.15) is 5.75 Å². The second-order valence-electron chi connectivity index (χ2n) is 5.67. The summed E-state index contributed by atoms with van der Waals surface area (Å²) in [6, 6.07) is 7.47. The second-order valence-corrected chi connectivity index (χ2v) is 5.67. The molecule has 3 N–H and O–H groups in total. The Balaban J connectivity index is 1.64. The number of benzene rings is 1. The summed E-state index contributed by atoms with van der Waals surface area (Å²) in [6.07, 6.45) is 0.948. The summed E-state index contributed by atoms with van der Waals surface area (Å²) < 4.78 is 5.31. The number of para-hydroxylation sites is 1. The van der Waals surface area contributed by atoms with Gasteiger partial charge in [-0.15, -0.1) is 5.10 Å². The number of aryl methyl sites for hydroxylation is 2. The number of aromatic amines is 2. The van der Waals surface area contributed by atoms with E-state index in [0.29, 0.717) is 24.4 Å². The van der Waals surface area contributed by atoms with E-state index < -0.39 is 0 Å². The van der Waals surface area contributed by atoms with E-state index in [1.54, 1.807) is 7.11 Å². The van der Waals surface area contributed by atoms with Crippen LogP contribution in [0.5, 0.6) is 5.75 Å². The van der Waals surface area contributed by atoms with Gasteiger partial charge in [0.2, 0.25) is 11.9 Å². The van der Waals surface area contributed by atoms with Gasteiger partial charge in [0.05, 0.1) is 18.4 Å². The van der Waals surface area contributed by atoms with Gasteiger partial charge in [-0.2, -0.15) is 10.1 Å². The maximum Gasteiger partial charge on any atom is 0.249 e. The van der Waals surface area contributed by atoms with Crippen molar-refractivity contribution in [1.82, 2.24) is 25.4 Å². The number of carbonyl (C=O) groups excluding carboxylic acids is 1. The molecule has 0 saturated carbocycles. The van der Waals surface area contributed by atoms with E-state index in [4.69, 9.17) is 4.74 Å². The lowest BCUT2D eigenvalue weighted by molar-refractivity contribution is -0.116. The van der Waals surface area contributed by atoms with Crippen molar-refractivity contribution in [2.75, 3.05) is 12.4 Å². The number of anilines is 1. The van der Waals surface area contributed by atoms with Crippen LogP contribution >= 0.6 is 0 Å². The normalized spacial score (nSPS) is 10.7. The highest BCUT2D eigenvalue weighted by Gasteiger charge is 2.13. The van der Waals surface area contributed by atoms with E-state index in [-0.39, 0.29) is 11.9 Å². The standard InChI is InChI=1S/C17H20N6O2/c1-10-12(11(2)21-20-10)8-9-15(24)18-17-19-16(22-23-17)13-6-4-5-7-14(13)25-3/h4-7H,8-9H2,1-3H3,(H,20,21)(H2,18,19,22,23,24). The Labute approximate surface area is 145 Å². The number of amides is 1. The molecular formula is C17H20N6O2. The van der Waals surface area contributed by atoms with Crippen molar-refractivity contribution in [2.45, 2.75) is 26.7 Å². The monoisotopic (exact) mass is 340 g/mol. The highest BCUT2D eigenvalue weighted by atomic mass is 16.5. The summed E-state index contributed by atoms with van der Waals surface area (Å²) in [4.78, 5) is 16.5. The molecule has 0 spiro atoms. The zero-order valence-electron chi connectivity index (χ0n) is 14.4. The first-order valence-electron chi connectivity index (χ1n) is 7.94. The Morgan fingerprint density at radius 2 is 2.00 bits per heavy atom. The summed E-state index contributed by atoms with van der Waals surface area (Å²) in [5, 5.41) is 16.6. The first kappa shape index (κ1) is 16.7. The quantitative estimate of drug-likeness (QED) is 0.638. The molecule has 130 valence electrons. The topological polar surface area (TPSA) is 109 Å². The van der Waals surface area contributed by atoms with Crippen LogP contribution in [0.1, 0.15) is 23.4 Å². The molecular weight excluding hydrogens is 320 g/mol. The molecule has 0 atom stereocenters. The van der Waals surface area contributed by atoms with Gasteiger partial charge in [-0.3, -0.25) is 20.3 Å². The van der Waals surface area contributed by atoms with Crippen molar-refractivity contribution < 1.29 is 9.53 Å². The maximum atomic E-state index is 12.1. The number of nitrogens with one attached hydrogen (secondary N) is 3. The molecule has 3 rings (SSSR count). The highest BCUT2D eigenvalue weighted by Crippen LogP contribution is 2.27. The molecule has 1 amide bonds. The van der Waals surface area contributed by atoms with E-state index >= 15 is 0 Å². The molecule has 3 aromatic rings. The van der Waals surface area contributed by atoms with Crippen molar-refractivity contribution in [3.63, 3.8) is 0 Å². The van der Waals surface area contributed by atoms with Crippen LogP contribution in [0.2, 0.25) is 0 Å². The number of H-pyrrole nitrogens is 2. The van der Waals surface area contributed by atoms with E-state index in [0.717, 1.165) is 22.5 Å². The van der Waals surface area contributed by atoms with Crippen LogP contribution in [0.15, 0.2) is 24.3 Å². The average Bonchev–Trinajstić information content (AvgIpc) is 3.20. The molecule has 0 aliphatic heterocycles. The highest BCUT2D eigenvalue weighted by molar-refractivity contribution is 5.89. The molecule has 0 unspecified atom stereocenters. The maximum absolute atomic E-state index is 12.1. The minimum absolute atomic E-state index is 0.148. The number of nitrogens with zero attached hydrogens (tertiary/aromatic N) is 3. The van der Waals surface area contributed by atoms with E-state index in [9.17, 15) is 4.79 Å². The van der Waals surface area contributed by atoms with Crippen LogP contribution in [0.25, 0.3) is 11.4 Å². The molecule has 8 heteroatoms. The Morgan fingerprint density at radius 1 is 1.20 bits per heavy atom. The molecule has 0 aliphatic carbocycles. The summed E-state index contributed by atoms with van der Waals surface area (Å²) in [7, 11) is 1.59. The fourth-order valence-corrected chi connectivity index (χ4v) is 2.65. The van der Waals surface area contributed by atoms with Gasteiger partial charge in [0.15, 0.2) is 5.82 Å². The average molecular weight is 340 g/mol. The Bertz CT molecular complexity index is 863. The van der Waals surface area contributed by atoms with Gasteiger partial charge in [0, 0.05) is 12.1 Å². The largest absolute Gasteiger partial charge is 0.496 e. The number of ether oxygens (including phenoxy) is 1. The van der Waals surface area contributed by atoms with E-state index in [1.165, 1.54) is 0 Å². The molecule has 0 fully saturated rings. The van der Waals surface area contributed by atoms with E-state index in [1.807, 2.05) is 38.1 Å². The van der Waals surface area contributed by atoms with Crippen molar-refractivity contribution >= 4 is 11.9 Å². The van der Waals surface area contributed by atoms with Gasteiger partial charge >= 0.3 is 0 Å². The van der Waals surface area contributed by atoms with E-state index in [2.05, 4.69) is 30.7 Å². The van der Waals surface area contributed by atoms with Crippen LogP contribution in [-0.4, -0.2) is 38.4 Å². The predicted molar refractivity (Wildman–Crippen MR) is 93.4 cm³/mol. The third-order valence-electron chi connectivity index (χ3n) is 3.98. The van der Waals surface area contributed by atoms with Gasteiger partial charge in [-0.05, 0) is 38.0 Å². The number of carbonyl (C=O) groups is 1. The zero-order chi connectivity index (χ0) is 17.8. The Kier molecular flexibility index (Phi) is 4.78. The number of methoxy groups -OCH3 is 1. The molecule has 1 aromatic carbocycles. The first-order valence-corrected chi connectivity index (χ1v) is 7.94. The number of aromatic nitrogens is 5. The third kappa shape index (κ3) is 3.68. The van der Waals surface area contributed by atoms with Crippen LogP contribution in [0.4, 0.5) is 5.95 Å². The smallest absolute Gasteiger partial charge is 0.249 e.